The van der Waals surface area contributed by atoms with Gasteiger partial charge in [0.1, 0.15) is 5.76 Å². The Bertz CT molecular complexity index is 241. The molecule has 1 heterocycles. The van der Waals surface area contributed by atoms with Crippen molar-refractivity contribution in [1.29, 1.82) is 0 Å². The molecule has 2 nitrogen and oxygen atoms in total. The van der Waals surface area contributed by atoms with E-state index in [2.05, 4.69) is 32.2 Å². The van der Waals surface area contributed by atoms with Gasteiger partial charge in [-0.1, -0.05) is 13.8 Å². The summed E-state index contributed by atoms with van der Waals surface area (Å²) in [6, 6.07) is 4.58. The van der Waals surface area contributed by atoms with E-state index in [1.807, 2.05) is 13.1 Å². The summed E-state index contributed by atoms with van der Waals surface area (Å²) in [6.07, 6.45) is 2.89. The van der Waals surface area contributed by atoms with E-state index in [0.29, 0.717) is 17.9 Å². The van der Waals surface area contributed by atoms with Crippen molar-refractivity contribution >= 4 is 0 Å². The molecule has 1 rings (SSSR count). The van der Waals surface area contributed by atoms with Gasteiger partial charge in [-0.25, -0.2) is 0 Å². The van der Waals surface area contributed by atoms with Gasteiger partial charge in [0.2, 0.25) is 0 Å². The zero-order valence-electron chi connectivity index (χ0n) is 9.58. The van der Waals surface area contributed by atoms with Crippen molar-refractivity contribution in [3.8, 4) is 0 Å². The predicted octanol–water partition coefficient (Wildman–Crippen LogP) is 3.02. The van der Waals surface area contributed by atoms with Crippen molar-refractivity contribution in [2.75, 3.05) is 7.05 Å². The number of rotatable bonds is 5. The summed E-state index contributed by atoms with van der Waals surface area (Å²) in [5.74, 6) is 2.26. The Hall–Kier alpha value is -0.760. The highest BCUT2D eigenvalue weighted by Crippen LogP contribution is 2.29. The van der Waals surface area contributed by atoms with Crippen LogP contribution in [0.5, 0.6) is 0 Å². The van der Waals surface area contributed by atoms with Crippen LogP contribution >= 0.6 is 0 Å². The molecule has 0 amide bonds. The van der Waals surface area contributed by atoms with Crippen LogP contribution < -0.4 is 5.32 Å². The largest absolute Gasteiger partial charge is 0.469 e. The molecule has 14 heavy (non-hydrogen) atoms. The zero-order valence-corrected chi connectivity index (χ0v) is 9.58. The van der Waals surface area contributed by atoms with Crippen LogP contribution in [0.2, 0.25) is 0 Å². The molecule has 1 N–H and O–H groups in total. The fourth-order valence-electron chi connectivity index (χ4n) is 1.72. The summed E-state index contributed by atoms with van der Waals surface area (Å²) < 4.78 is 5.47. The van der Waals surface area contributed by atoms with E-state index in [0.717, 1.165) is 12.2 Å². The first kappa shape index (κ1) is 11.3. The average molecular weight is 195 g/mol. The maximum Gasteiger partial charge on any atom is 0.107 e. The predicted molar refractivity (Wildman–Crippen MR) is 59.4 cm³/mol. The topological polar surface area (TPSA) is 25.2 Å². The number of nitrogens with one attached hydrogen (secondary N) is 1. The van der Waals surface area contributed by atoms with Gasteiger partial charge in [-0.05, 0) is 38.4 Å². The first-order chi connectivity index (χ1) is 6.65. The fourth-order valence-corrected chi connectivity index (χ4v) is 1.72. The summed E-state index contributed by atoms with van der Waals surface area (Å²) >= 11 is 0. The monoisotopic (exact) mass is 195 g/mol. The van der Waals surface area contributed by atoms with E-state index in [1.54, 1.807) is 6.26 Å². The molecule has 0 radical (unpaired) electrons. The molecule has 2 unspecified atom stereocenters. The van der Waals surface area contributed by atoms with E-state index in [9.17, 15) is 0 Å². The van der Waals surface area contributed by atoms with Crippen molar-refractivity contribution in [1.82, 2.24) is 5.32 Å². The lowest BCUT2D eigenvalue weighted by Gasteiger charge is -2.22. The van der Waals surface area contributed by atoms with Crippen LogP contribution in [-0.4, -0.2) is 13.1 Å². The van der Waals surface area contributed by atoms with E-state index in [-0.39, 0.29) is 0 Å². The van der Waals surface area contributed by atoms with E-state index < -0.39 is 0 Å². The van der Waals surface area contributed by atoms with Gasteiger partial charge in [-0.15, -0.1) is 0 Å². The van der Waals surface area contributed by atoms with Crippen molar-refractivity contribution in [2.45, 2.75) is 39.2 Å². The minimum atomic E-state index is 0.521. The third-order valence-electron chi connectivity index (χ3n) is 2.81. The maximum atomic E-state index is 5.47. The fraction of sp³-hybridized carbons (Fsp3) is 0.667. The molecule has 0 aliphatic heterocycles. The van der Waals surface area contributed by atoms with Crippen molar-refractivity contribution in [2.24, 2.45) is 5.92 Å². The van der Waals surface area contributed by atoms with Crippen LogP contribution in [0.1, 0.15) is 38.9 Å². The summed E-state index contributed by atoms with van der Waals surface area (Å²) in [5.41, 5.74) is 0. The summed E-state index contributed by atoms with van der Waals surface area (Å²) in [5, 5.41) is 3.27. The normalized spacial score (nSPS) is 15.8. The standard InChI is InChI=1S/C12H21NO/c1-9(2)11(8-10(3)13-4)12-6-5-7-14-12/h5-7,9-11,13H,8H2,1-4H3. The van der Waals surface area contributed by atoms with E-state index in [4.69, 9.17) is 4.42 Å². The van der Waals surface area contributed by atoms with Crippen molar-refractivity contribution < 1.29 is 4.42 Å². The number of hydrogen-bond donors (Lipinski definition) is 1. The molecule has 1 aromatic rings. The Kier molecular flexibility index (Phi) is 4.21. The minimum Gasteiger partial charge on any atom is -0.469 e. The van der Waals surface area contributed by atoms with Crippen LogP contribution in [0.4, 0.5) is 0 Å². The Balaban J connectivity index is 2.66. The van der Waals surface area contributed by atoms with Gasteiger partial charge < -0.3 is 9.73 Å². The third-order valence-corrected chi connectivity index (χ3v) is 2.81. The highest BCUT2D eigenvalue weighted by molar-refractivity contribution is 5.06. The molecule has 0 bridgehead atoms. The Morgan fingerprint density at radius 1 is 1.36 bits per heavy atom. The van der Waals surface area contributed by atoms with Gasteiger partial charge in [-0.2, -0.15) is 0 Å². The smallest absolute Gasteiger partial charge is 0.107 e. The Labute approximate surface area is 86.7 Å². The summed E-state index contributed by atoms with van der Waals surface area (Å²) in [7, 11) is 2.00. The SMILES string of the molecule is CNC(C)CC(c1ccco1)C(C)C. The van der Waals surface area contributed by atoms with Gasteiger partial charge in [-0.3, -0.25) is 0 Å². The molecule has 2 atom stereocenters. The van der Waals surface area contributed by atoms with Crippen LogP contribution in [0.25, 0.3) is 0 Å². The third kappa shape index (κ3) is 2.88. The lowest BCUT2D eigenvalue weighted by atomic mass is 9.87. The van der Waals surface area contributed by atoms with Gasteiger partial charge in [0.15, 0.2) is 0 Å². The molecule has 0 aliphatic rings. The molecule has 0 aromatic carbocycles. The molecule has 80 valence electrons. The van der Waals surface area contributed by atoms with Crippen molar-refractivity contribution in [3.05, 3.63) is 24.2 Å². The highest BCUT2D eigenvalue weighted by atomic mass is 16.3. The molecular formula is C12H21NO. The summed E-state index contributed by atoms with van der Waals surface area (Å²) in [4.78, 5) is 0. The molecule has 1 aromatic heterocycles. The van der Waals surface area contributed by atoms with Gasteiger partial charge in [0.25, 0.3) is 0 Å². The molecular weight excluding hydrogens is 174 g/mol. The second-order valence-corrected chi connectivity index (χ2v) is 4.29. The lowest BCUT2D eigenvalue weighted by molar-refractivity contribution is 0.349. The van der Waals surface area contributed by atoms with Gasteiger partial charge >= 0.3 is 0 Å². The number of hydrogen-bond acceptors (Lipinski definition) is 2. The zero-order chi connectivity index (χ0) is 10.6. The van der Waals surface area contributed by atoms with Gasteiger partial charge in [0, 0.05) is 12.0 Å². The quantitative estimate of drug-likeness (QED) is 0.781. The second kappa shape index (κ2) is 5.20. The van der Waals surface area contributed by atoms with E-state index in [1.165, 1.54) is 0 Å². The van der Waals surface area contributed by atoms with Crippen LogP contribution in [0, 0.1) is 5.92 Å². The number of furan rings is 1. The maximum absolute atomic E-state index is 5.47. The van der Waals surface area contributed by atoms with Gasteiger partial charge in [0.05, 0.1) is 6.26 Å². The molecule has 0 spiro atoms. The van der Waals surface area contributed by atoms with Crippen LogP contribution in [-0.2, 0) is 0 Å². The average Bonchev–Trinajstić information content (AvgIpc) is 2.65. The molecule has 2 heteroatoms. The van der Waals surface area contributed by atoms with Crippen LogP contribution in [0.15, 0.2) is 22.8 Å². The summed E-state index contributed by atoms with van der Waals surface area (Å²) in [6.45, 7) is 6.70. The Morgan fingerprint density at radius 3 is 2.50 bits per heavy atom. The first-order valence-electron chi connectivity index (χ1n) is 5.35. The van der Waals surface area contributed by atoms with Crippen LogP contribution in [0.3, 0.4) is 0 Å². The Morgan fingerprint density at radius 2 is 2.07 bits per heavy atom. The first-order valence-corrected chi connectivity index (χ1v) is 5.35. The highest BCUT2D eigenvalue weighted by Gasteiger charge is 2.20. The second-order valence-electron chi connectivity index (χ2n) is 4.29. The minimum absolute atomic E-state index is 0.521. The molecule has 0 saturated carbocycles. The van der Waals surface area contributed by atoms with Crippen molar-refractivity contribution in [3.63, 3.8) is 0 Å². The molecule has 0 aliphatic carbocycles. The van der Waals surface area contributed by atoms with E-state index >= 15 is 0 Å². The molecule has 0 saturated heterocycles. The molecule has 0 fully saturated rings. The lowest BCUT2D eigenvalue weighted by Crippen LogP contribution is -2.25.